The molecule has 4 aliphatic carbocycles. The first kappa shape index (κ1) is 14.0. The maximum absolute atomic E-state index is 12.4. The molecule has 110 valence electrons. The molecule has 2 heteroatoms. The van der Waals surface area contributed by atoms with Gasteiger partial charge in [0, 0.05) is 6.42 Å². The summed E-state index contributed by atoms with van der Waals surface area (Å²) in [5, 5.41) is 3.07. The van der Waals surface area contributed by atoms with Crippen molar-refractivity contribution in [3.8, 4) is 12.3 Å². The first-order valence-electron chi connectivity index (χ1n) is 8.38. The first-order chi connectivity index (χ1) is 9.62. The molecule has 0 radical (unpaired) electrons. The van der Waals surface area contributed by atoms with E-state index in [1.165, 1.54) is 38.5 Å². The summed E-state index contributed by atoms with van der Waals surface area (Å²) in [5.41, 5.74) is 0.324. The molecule has 2 nitrogen and oxygen atoms in total. The monoisotopic (exact) mass is 273 g/mol. The van der Waals surface area contributed by atoms with E-state index in [9.17, 15) is 4.79 Å². The minimum atomic E-state index is -0.0681. The Kier molecular flexibility index (Phi) is 3.80. The maximum Gasteiger partial charge on any atom is 0.221 e. The average molecular weight is 273 g/mol. The van der Waals surface area contributed by atoms with E-state index in [-0.39, 0.29) is 11.9 Å². The van der Waals surface area contributed by atoms with Crippen LogP contribution >= 0.6 is 0 Å². The van der Waals surface area contributed by atoms with Crippen LogP contribution in [-0.4, -0.2) is 11.9 Å². The molecule has 0 saturated heterocycles. The normalized spacial score (nSPS) is 39.3. The predicted molar refractivity (Wildman–Crippen MR) is 80.9 cm³/mol. The molecule has 20 heavy (non-hydrogen) atoms. The third-order valence-electron chi connectivity index (χ3n) is 5.81. The summed E-state index contributed by atoms with van der Waals surface area (Å²) in [5.74, 6) is 5.64. The van der Waals surface area contributed by atoms with Crippen molar-refractivity contribution in [2.75, 3.05) is 0 Å². The van der Waals surface area contributed by atoms with Crippen LogP contribution in [0.5, 0.6) is 0 Å². The Morgan fingerprint density at radius 2 is 1.80 bits per heavy atom. The van der Waals surface area contributed by atoms with Crippen LogP contribution in [0.2, 0.25) is 0 Å². The molecule has 4 aliphatic rings. The summed E-state index contributed by atoms with van der Waals surface area (Å²) >= 11 is 0. The van der Waals surface area contributed by atoms with Crippen molar-refractivity contribution >= 4 is 5.91 Å². The van der Waals surface area contributed by atoms with Crippen LogP contribution < -0.4 is 5.32 Å². The minimum absolute atomic E-state index is 0.0681. The van der Waals surface area contributed by atoms with Crippen LogP contribution in [0, 0.1) is 35.5 Å². The van der Waals surface area contributed by atoms with Gasteiger partial charge in [-0.05, 0) is 68.1 Å². The van der Waals surface area contributed by atoms with Gasteiger partial charge in [0.05, 0.1) is 6.04 Å². The number of carbonyl (C=O) groups is 1. The van der Waals surface area contributed by atoms with Crippen molar-refractivity contribution in [2.45, 2.75) is 70.8 Å². The molecule has 1 amide bonds. The van der Waals surface area contributed by atoms with E-state index in [1.807, 2.05) is 0 Å². The molecule has 0 aromatic rings. The molecule has 4 bridgehead atoms. The highest BCUT2D eigenvalue weighted by Crippen LogP contribution is 2.61. The van der Waals surface area contributed by atoms with Gasteiger partial charge in [0.25, 0.3) is 0 Å². The summed E-state index contributed by atoms with van der Waals surface area (Å²) in [6, 6.07) is -0.0681. The highest BCUT2D eigenvalue weighted by molar-refractivity contribution is 5.77. The Bertz CT molecular complexity index is 384. The minimum Gasteiger partial charge on any atom is -0.342 e. The topological polar surface area (TPSA) is 29.1 Å². The molecule has 4 rings (SSSR count). The molecule has 0 aliphatic heterocycles. The van der Waals surface area contributed by atoms with Crippen LogP contribution in [0.4, 0.5) is 0 Å². The third kappa shape index (κ3) is 2.73. The van der Waals surface area contributed by atoms with E-state index in [0.29, 0.717) is 5.41 Å². The van der Waals surface area contributed by atoms with Gasteiger partial charge in [-0.15, -0.1) is 6.42 Å². The van der Waals surface area contributed by atoms with Gasteiger partial charge >= 0.3 is 0 Å². The predicted octanol–water partition coefficient (Wildman–Crippen LogP) is 3.51. The molecule has 4 saturated carbocycles. The van der Waals surface area contributed by atoms with Crippen molar-refractivity contribution in [3.05, 3.63) is 0 Å². The Morgan fingerprint density at radius 1 is 1.25 bits per heavy atom. The Hall–Kier alpha value is -0.970. The van der Waals surface area contributed by atoms with Gasteiger partial charge < -0.3 is 5.32 Å². The number of carbonyl (C=O) groups excluding carboxylic acids is 1. The summed E-state index contributed by atoms with van der Waals surface area (Å²) in [6.07, 6.45) is 16.3. The number of rotatable bonds is 5. The van der Waals surface area contributed by atoms with Crippen LogP contribution in [-0.2, 0) is 4.79 Å². The molecule has 0 spiro atoms. The van der Waals surface area contributed by atoms with Crippen LogP contribution in [0.15, 0.2) is 0 Å². The zero-order chi connectivity index (χ0) is 14.2. The molecular weight excluding hydrogens is 246 g/mol. The second kappa shape index (κ2) is 5.43. The Balaban J connectivity index is 1.60. The van der Waals surface area contributed by atoms with E-state index >= 15 is 0 Å². The lowest BCUT2D eigenvalue weighted by molar-refractivity contribution is -0.129. The molecular formula is C18H27NO. The number of amides is 1. The fourth-order valence-corrected chi connectivity index (χ4v) is 5.58. The number of terminal acetylenes is 1. The Morgan fingerprint density at radius 3 is 2.25 bits per heavy atom. The quantitative estimate of drug-likeness (QED) is 0.763. The van der Waals surface area contributed by atoms with Crippen molar-refractivity contribution in [1.29, 1.82) is 0 Å². The molecule has 0 aromatic carbocycles. The lowest BCUT2D eigenvalue weighted by Gasteiger charge is -2.56. The molecule has 0 heterocycles. The fourth-order valence-electron chi connectivity index (χ4n) is 5.58. The smallest absolute Gasteiger partial charge is 0.221 e. The van der Waals surface area contributed by atoms with Crippen LogP contribution in [0.1, 0.15) is 64.7 Å². The van der Waals surface area contributed by atoms with Gasteiger partial charge in [-0.2, -0.15) is 0 Å². The summed E-state index contributed by atoms with van der Waals surface area (Å²) < 4.78 is 0. The van der Waals surface area contributed by atoms with E-state index < -0.39 is 0 Å². The molecule has 1 N–H and O–H groups in total. The number of hydrogen-bond acceptors (Lipinski definition) is 1. The largest absolute Gasteiger partial charge is 0.342 e. The summed E-state index contributed by atoms with van der Waals surface area (Å²) in [7, 11) is 0. The van der Waals surface area contributed by atoms with Gasteiger partial charge in [-0.1, -0.05) is 19.3 Å². The number of nitrogens with one attached hydrogen (secondary N) is 1. The standard InChI is InChI=1S/C18H27NO/c1-3-5-16(4-2)19-17(20)12-18-9-13-6-14(10-18)8-15(7-13)11-18/h2,13-16H,3,5-12H2,1H3,(H,19,20). The van der Waals surface area contributed by atoms with E-state index in [0.717, 1.165) is 37.0 Å². The van der Waals surface area contributed by atoms with Gasteiger partial charge in [0.15, 0.2) is 0 Å². The van der Waals surface area contributed by atoms with Crippen LogP contribution in [0.3, 0.4) is 0 Å². The zero-order valence-corrected chi connectivity index (χ0v) is 12.7. The zero-order valence-electron chi connectivity index (χ0n) is 12.7. The van der Waals surface area contributed by atoms with E-state index in [2.05, 4.69) is 18.2 Å². The highest BCUT2D eigenvalue weighted by Gasteiger charge is 2.51. The average Bonchev–Trinajstić information content (AvgIpc) is 2.35. The molecule has 0 aromatic heterocycles. The number of hydrogen-bond donors (Lipinski definition) is 1. The molecule has 1 unspecified atom stereocenters. The van der Waals surface area contributed by atoms with Crippen molar-refractivity contribution in [3.63, 3.8) is 0 Å². The van der Waals surface area contributed by atoms with Crippen molar-refractivity contribution in [2.24, 2.45) is 23.2 Å². The fraction of sp³-hybridized carbons (Fsp3) is 0.833. The van der Waals surface area contributed by atoms with E-state index in [1.54, 1.807) is 0 Å². The lowest BCUT2D eigenvalue weighted by atomic mass is 9.49. The Labute approximate surface area is 123 Å². The SMILES string of the molecule is C#CC(CCC)NC(=O)CC12CC3CC(CC(C3)C1)C2. The summed E-state index contributed by atoms with van der Waals surface area (Å²) in [6.45, 7) is 2.11. The molecule has 1 atom stereocenters. The molecule has 4 fully saturated rings. The first-order valence-corrected chi connectivity index (χ1v) is 8.38. The van der Waals surface area contributed by atoms with Gasteiger partial charge in [-0.3, -0.25) is 4.79 Å². The van der Waals surface area contributed by atoms with Crippen LogP contribution in [0.25, 0.3) is 0 Å². The lowest BCUT2D eigenvalue weighted by Crippen LogP contribution is -2.48. The van der Waals surface area contributed by atoms with Crippen molar-refractivity contribution < 1.29 is 4.79 Å². The second-order valence-electron chi connectivity index (χ2n) is 7.67. The third-order valence-corrected chi connectivity index (χ3v) is 5.81. The van der Waals surface area contributed by atoms with Gasteiger partial charge in [0.1, 0.15) is 0 Å². The van der Waals surface area contributed by atoms with Crippen molar-refractivity contribution in [1.82, 2.24) is 5.32 Å². The maximum atomic E-state index is 12.4. The van der Waals surface area contributed by atoms with Gasteiger partial charge in [0.2, 0.25) is 5.91 Å². The van der Waals surface area contributed by atoms with E-state index in [4.69, 9.17) is 6.42 Å². The second-order valence-corrected chi connectivity index (χ2v) is 7.67. The summed E-state index contributed by atoms with van der Waals surface area (Å²) in [4.78, 5) is 12.4. The highest BCUT2D eigenvalue weighted by atomic mass is 16.1. The van der Waals surface area contributed by atoms with Gasteiger partial charge in [-0.25, -0.2) is 0 Å².